The van der Waals surface area contributed by atoms with E-state index >= 15 is 0 Å². The first-order valence-electron chi connectivity index (χ1n) is 9.98. The molecule has 3 rings (SSSR count). The van der Waals surface area contributed by atoms with Crippen LogP contribution >= 0.6 is 0 Å². The number of amides is 1. The highest BCUT2D eigenvalue weighted by Crippen LogP contribution is 2.32. The first-order chi connectivity index (χ1) is 14.9. The van der Waals surface area contributed by atoms with Gasteiger partial charge in [0.25, 0.3) is 0 Å². The molecule has 0 saturated heterocycles. The molecule has 0 aliphatic carbocycles. The fourth-order valence-electron chi connectivity index (χ4n) is 3.40. The number of carbonyl (C=O) groups excluding carboxylic acids is 3. The van der Waals surface area contributed by atoms with Crippen molar-refractivity contribution in [1.82, 2.24) is 4.98 Å². The fourth-order valence-corrected chi connectivity index (χ4v) is 3.40. The highest BCUT2D eigenvalue weighted by molar-refractivity contribution is 6.14. The van der Waals surface area contributed by atoms with Crippen molar-refractivity contribution in [2.24, 2.45) is 11.8 Å². The Bertz CT molecular complexity index is 1050. The molecular formula is C25H23FN2O3. The number of aromatic nitrogens is 1. The van der Waals surface area contributed by atoms with Gasteiger partial charge in [0.15, 0.2) is 5.78 Å². The smallest absolute Gasteiger partial charge is 0.236 e. The quantitative estimate of drug-likeness (QED) is 0.426. The number of ketones is 2. The molecule has 3 aromatic rings. The number of rotatable bonds is 8. The van der Waals surface area contributed by atoms with Crippen LogP contribution in [0.3, 0.4) is 0 Å². The molecule has 0 fully saturated rings. The minimum absolute atomic E-state index is 0.312. The Kier molecular flexibility index (Phi) is 7.03. The lowest BCUT2D eigenvalue weighted by Crippen LogP contribution is -2.40. The maximum absolute atomic E-state index is 13.5. The summed E-state index contributed by atoms with van der Waals surface area (Å²) in [6.07, 6.45) is 2.97. The van der Waals surface area contributed by atoms with E-state index in [1.165, 1.54) is 30.5 Å². The largest absolute Gasteiger partial charge is 0.325 e. The normalized spacial score (nSPS) is 12.8. The molecule has 0 spiro atoms. The maximum atomic E-state index is 13.5. The molecule has 1 amide bonds. The molecule has 5 nitrogen and oxygen atoms in total. The van der Waals surface area contributed by atoms with Crippen LogP contribution in [0.1, 0.15) is 35.7 Å². The van der Waals surface area contributed by atoms with Crippen molar-refractivity contribution in [2.45, 2.75) is 19.8 Å². The molecule has 1 heterocycles. The number of anilines is 1. The van der Waals surface area contributed by atoms with E-state index < -0.39 is 29.5 Å². The van der Waals surface area contributed by atoms with Gasteiger partial charge in [-0.25, -0.2) is 4.39 Å². The van der Waals surface area contributed by atoms with E-state index in [2.05, 4.69) is 10.3 Å². The van der Waals surface area contributed by atoms with Crippen LogP contribution in [0.5, 0.6) is 0 Å². The molecule has 1 N–H and O–H groups in total. The third-order valence-electron chi connectivity index (χ3n) is 4.99. The highest BCUT2D eigenvalue weighted by Gasteiger charge is 2.41. The van der Waals surface area contributed by atoms with Crippen LogP contribution in [-0.4, -0.2) is 22.5 Å². The van der Waals surface area contributed by atoms with Crippen LogP contribution < -0.4 is 5.32 Å². The van der Waals surface area contributed by atoms with Crippen LogP contribution in [-0.2, 0) is 9.59 Å². The lowest BCUT2D eigenvalue weighted by atomic mass is 9.75. The summed E-state index contributed by atoms with van der Waals surface area (Å²) in [5.41, 5.74) is 1.21. The Hall–Kier alpha value is -3.67. The van der Waals surface area contributed by atoms with Crippen molar-refractivity contribution in [3.8, 4) is 0 Å². The van der Waals surface area contributed by atoms with Crippen molar-refractivity contribution < 1.29 is 18.8 Å². The fraction of sp³-hybridized carbons (Fsp3) is 0.200. The van der Waals surface area contributed by atoms with Gasteiger partial charge < -0.3 is 5.32 Å². The number of hydrogen-bond donors (Lipinski definition) is 1. The number of nitrogens with one attached hydrogen (secondary N) is 1. The summed E-state index contributed by atoms with van der Waals surface area (Å²) >= 11 is 0. The van der Waals surface area contributed by atoms with Crippen LogP contribution in [0.2, 0.25) is 0 Å². The summed E-state index contributed by atoms with van der Waals surface area (Å²) in [6, 6.07) is 17.3. The van der Waals surface area contributed by atoms with Crippen LogP contribution in [0.25, 0.3) is 0 Å². The molecule has 2 aromatic carbocycles. The summed E-state index contributed by atoms with van der Waals surface area (Å²) in [5.74, 6) is -4.55. The van der Waals surface area contributed by atoms with Gasteiger partial charge in [0, 0.05) is 29.6 Å². The van der Waals surface area contributed by atoms with Crippen LogP contribution in [0.4, 0.5) is 10.1 Å². The average molecular weight is 418 g/mol. The van der Waals surface area contributed by atoms with Crippen molar-refractivity contribution >= 4 is 23.2 Å². The third-order valence-corrected chi connectivity index (χ3v) is 4.99. The SMILES string of the molecule is CC(C)C(=O)C(C(=O)Nc1ccc(F)cc1)C(C(=O)c1cccnc1)c1ccccc1. The Balaban J connectivity index is 2.06. The Morgan fingerprint density at radius 1 is 0.903 bits per heavy atom. The molecule has 158 valence electrons. The monoisotopic (exact) mass is 418 g/mol. The summed E-state index contributed by atoms with van der Waals surface area (Å²) < 4.78 is 13.2. The molecule has 2 atom stereocenters. The lowest BCUT2D eigenvalue weighted by Gasteiger charge is -2.26. The number of halogens is 1. The van der Waals surface area contributed by atoms with Crippen molar-refractivity contribution in [3.05, 3.63) is 96.1 Å². The number of benzene rings is 2. The predicted octanol–water partition coefficient (Wildman–Crippen LogP) is 4.67. The van der Waals surface area contributed by atoms with E-state index in [0.29, 0.717) is 16.8 Å². The van der Waals surface area contributed by atoms with Crippen molar-refractivity contribution in [2.75, 3.05) is 5.32 Å². The Labute approximate surface area is 180 Å². The van der Waals surface area contributed by atoms with Gasteiger partial charge in [0.2, 0.25) is 5.91 Å². The number of hydrogen-bond acceptors (Lipinski definition) is 4. The van der Waals surface area contributed by atoms with Gasteiger partial charge in [-0.15, -0.1) is 0 Å². The van der Waals surface area contributed by atoms with E-state index in [1.807, 2.05) is 0 Å². The van der Waals surface area contributed by atoms with Gasteiger partial charge >= 0.3 is 0 Å². The highest BCUT2D eigenvalue weighted by atomic mass is 19.1. The van der Waals surface area contributed by atoms with Gasteiger partial charge in [-0.05, 0) is 42.0 Å². The minimum Gasteiger partial charge on any atom is -0.325 e. The van der Waals surface area contributed by atoms with Crippen LogP contribution in [0, 0.1) is 17.7 Å². The van der Waals surface area contributed by atoms with Gasteiger partial charge in [-0.3, -0.25) is 19.4 Å². The molecule has 6 heteroatoms. The first-order valence-corrected chi connectivity index (χ1v) is 9.98. The second-order valence-corrected chi connectivity index (χ2v) is 7.53. The van der Waals surface area contributed by atoms with Gasteiger partial charge in [-0.2, -0.15) is 0 Å². The summed E-state index contributed by atoms with van der Waals surface area (Å²) in [7, 11) is 0. The van der Waals surface area contributed by atoms with E-state index in [-0.39, 0.29) is 11.6 Å². The van der Waals surface area contributed by atoms with E-state index in [0.717, 1.165) is 0 Å². The summed E-state index contributed by atoms with van der Waals surface area (Å²) in [5, 5.41) is 2.67. The third kappa shape index (κ3) is 5.28. The van der Waals surface area contributed by atoms with Crippen molar-refractivity contribution in [3.63, 3.8) is 0 Å². The second kappa shape index (κ2) is 9.89. The Morgan fingerprint density at radius 2 is 1.58 bits per heavy atom. The molecular weight excluding hydrogens is 395 g/mol. The summed E-state index contributed by atoms with van der Waals surface area (Å²) in [6.45, 7) is 3.38. The predicted molar refractivity (Wildman–Crippen MR) is 116 cm³/mol. The second-order valence-electron chi connectivity index (χ2n) is 7.53. The maximum Gasteiger partial charge on any atom is 0.236 e. The zero-order valence-corrected chi connectivity index (χ0v) is 17.3. The molecule has 2 unspecified atom stereocenters. The van der Waals surface area contributed by atoms with Gasteiger partial charge in [0.1, 0.15) is 17.5 Å². The zero-order chi connectivity index (χ0) is 22.4. The van der Waals surface area contributed by atoms with Crippen molar-refractivity contribution in [1.29, 1.82) is 0 Å². The molecule has 1 aromatic heterocycles. The topological polar surface area (TPSA) is 76.1 Å². The average Bonchev–Trinajstić information content (AvgIpc) is 2.79. The molecule has 0 radical (unpaired) electrons. The first kappa shape index (κ1) is 22.0. The van der Waals surface area contributed by atoms with Crippen LogP contribution in [0.15, 0.2) is 79.1 Å². The minimum atomic E-state index is -1.26. The standard InChI is InChI=1S/C25H23FN2O3/c1-16(2)23(29)22(25(31)28-20-12-10-19(26)11-13-20)21(17-7-4-3-5-8-17)24(30)18-9-6-14-27-15-18/h3-16,21-22H,1-2H3,(H,28,31). The zero-order valence-electron chi connectivity index (χ0n) is 17.3. The van der Waals surface area contributed by atoms with E-state index in [4.69, 9.17) is 0 Å². The molecule has 0 saturated carbocycles. The number of nitrogens with zero attached hydrogens (tertiary/aromatic N) is 1. The van der Waals surface area contributed by atoms with E-state index in [9.17, 15) is 18.8 Å². The molecule has 31 heavy (non-hydrogen) atoms. The number of Topliss-reactive ketones (excluding diaryl/α,β-unsaturated/α-hetero) is 2. The molecule has 0 aliphatic heterocycles. The Morgan fingerprint density at radius 3 is 2.16 bits per heavy atom. The van der Waals surface area contributed by atoms with Gasteiger partial charge in [0.05, 0.1) is 5.92 Å². The van der Waals surface area contributed by atoms with E-state index in [1.54, 1.807) is 62.5 Å². The van der Waals surface area contributed by atoms with Gasteiger partial charge in [-0.1, -0.05) is 44.2 Å². The molecule has 0 bridgehead atoms. The number of carbonyl (C=O) groups is 3. The number of pyridine rings is 1. The lowest BCUT2D eigenvalue weighted by molar-refractivity contribution is -0.133. The summed E-state index contributed by atoms with van der Waals surface area (Å²) in [4.78, 5) is 44.0. The molecule has 0 aliphatic rings.